The predicted octanol–water partition coefficient (Wildman–Crippen LogP) is 3.63. The monoisotopic (exact) mass is 553 g/mol. The van der Waals surface area contributed by atoms with Gasteiger partial charge in [0.15, 0.2) is 0 Å². The van der Waals surface area contributed by atoms with Crippen LogP contribution in [0, 0.1) is 0 Å². The fraction of sp³-hybridized carbons (Fsp3) is 0.217. The highest BCUT2D eigenvalue weighted by Crippen LogP contribution is 2.33. The maximum atomic E-state index is 12.5. The number of furan rings is 1. The van der Waals surface area contributed by atoms with Crippen LogP contribution in [0.2, 0.25) is 5.02 Å². The van der Waals surface area contributed by atoms with Gasteiger partial charge in [0.05, 0.1) is 5.02 Å². The highest BCUT2D eigenvalue weighted by atomic mass is 35.5. The van der Waals surface area contributed by atoms with Crippen molar-refractivity contribution < 1.29 is 46.8 Å². The van der Waals surface area contributed by atoms with E-state index in [1.165, 1.54) is 18.2 Å². The molecule has 3 heterocycles. The van der Waals surface area contributed by atoms with Crippen molar-refractivity contribution in [3.63, 3.8) is 0 Å². The molecule has 0 fully saturated rings. The number of phenols is 1. The molecule has 1 aromatic carbocycles. The molecule has 4 N–H and O–H groups in total. The van der Waals surface area contributed by atoms with Crippen molar-refractivity contribution in [1.82, 2.24) is 4.73 Å². The lowest BCUT2D eigenvalue weighted by Crippen LogP contribution is -2.18. The molecular formula is C23H20ClNO11S. The molecule has 4 aromatic rings. The lowest BCUT2D eigenvalue weighted by Gasteiger charge is -2.06. The highest BCUT2D eigenvalue weighted by molar-refractivity contribution is 7.85. The van der Waals surface area contributed by atoms with Gasteiger partial charge in [0.1, 0.15) is 33.3 Å². The number of nitrogens with zero attached hydrogens (tertiary/aromatic N) is 1. The van der Waals surface area contributed by atoms with Gasteiger partial charge in [-0.15, -0.1) is 4.73 Å². The van der Waals surface area contributed by atoms with E-state index in [0.29, 0.717) is 29.4 Å². The second-order valence-corrected chi connectivity index (χ2v) is 9.83. The van der Waals surface area contributed by atoms with E-state index in [-0.39, 0.29) is 46.3 Å². The van der Waals surface area contributed by atoms with Gasteiger partial charge in [-0.3, -0.25) is 4.55 Å². The van der Waals surface area contributed by atoms with Crippen molar-refractivity contribution in [2.75, 3.05) is 0 Å². The average Bonchev–Trinajstić information content (AvgIpc) is 3.38. The Bertz CT molecular complexity index is 1630. The summed E-state index contributed by atoms with van der Waals surface area (Å²) in [5, 5.41) is 29.0. The Morgan fingerprint density at radius 2 is 1.70 bits per heavy atom. The number of unbranched alkanes of at least 4 members (excludes halogenated alkanes) is 2. The van der Waals surface area contributed by atoms with E-state index in [2.05, 4.69) is 0 Å². The molecule has 0 aliphatic heterocycles. The first-order chi connectivity index (χ1) is 17.4. The molecule has 0 unspecified atom stereocenters. The Kier molecular flexibility index (Phi) is 7.21. The van der Waals surface area contributed by atoms with Crippen molar-refractivity contribution >= 4 is 38.7 Å². The molecule has 14 heteroatoms. The molecule has 0 aliphatic rings. The van der Waals surface area contributed by atoms with Gasteiger partial charge in [0, 0.05) is 42.5 Å². The van der Waals surface area contributed by atoms with E-state index in [0.717, 1.165) is 18.2 Å². The molecule has 4 rings (SSSR count). The summed E-state index contributed by atoms with van der Waals surface area (Å²) in [5.74, 6) is -2.13. The number of carbonyl (C=O) groups is 1. The summed E-state index contributed by atoms with van der Waals surface area (Å²) in [4.78, 5) is 28.7. The summed E-state index contributed by atoms with van der Waals surface area (Å²) in [6.07, 6.45) is 1.12. The Morgan fingerprint density at radius 1 is 1.00 bits per heavy atom. The molecule has 0 saturated heterocycles. The zero-order chi connectivity index (χ0) is 26.9. The molecule has 0 saturated carbocycles. The Labute approximate surface area is 213 Å². The normalized spacial score (nSPS) is 11.7. The maximum absolute atomic E-state index is 12.5. The molecule has 0 amide bonds. The molecule has 0 atom stereocenters. The summed E-state index contributed by atoms with van der Waals surface area (Å²) >= 11 is 5.91. The van der Waals surface area contributed by atoms with Gasteiger partial charge in [-0.2, -0.15) is 8.42 Å². The molecule has 37 heavy (non-hydrogen) atoms. The first kappa shape index (κ1) is 26.1. The Balaban J connectivity index is 1.46. The predicted molar refractivity (Wildman–Crippen MR) is 128 cm³/mol. The van der Waals surface area contributed by atoms with Crippen LogP contribution in [0.3, 0.4) is 0 Å². The second kappa shape index (κ2) is 10.2. The van der Waals surface area contributed by atoms with Crippen LogP contribution < -0.4 is 10.5 Å². The van der Waals surface area contributed by atoms with Crippen molar-refractivity contribution in [3.8, 4) is 28.8 Å². The summed E-state index contributed by atoms with van der Waals surface area (Å²) in [7, 11) is -4.69. The van der Waals surface area contributed by atoms with Crippen molar-refractivity contribution in [1.29, 1.82) is 0 Å². The van der Waals surface area contributed by atoms with Gasteiger partial charge >= 0.3 is 11.6 Å². The summed E-state index contributed by atoms with van der Waals surface area (Å²) in [6, 6.07) is 7.19. The third kappa shape index (κ3) is 5.74. The smallest absolute Gasteiger partial charge is 0.347 e. The minimum absolute atomic E-state index is 0.0110. The van der Waals surface area contributed by atoms with Crippen LogP contribution in [0.25, 0.3) is 22.3 Å². The van der Waals surface area contributed by atoms with Crippen molar-refractivity contribution in [3.05, 3.63) is 57.6 Å². The molecule has 0 spiro atoms. The largest absolute Gasteiger partial charge is 0.506 e. The quantitative estimate of drug-likeness (QED) is 0.134. The number of hydrogen-bond acceptors (Lipinski definition) is 10. The van der Waals surface area contributed by atoms with Crippen LogP contribution in [0.4, 0.5) is 0 Å². The van der Waals surface area contributed by atoms with E-state index in [1.54, 1.807) is 0 Å². The molecule has 0 bridgehead atoms. The van der Waals surface area contributed by atoms with E-state index < -0.39 is 38.4 Å². The summed E-state index contributed by atoms with van der Waals surface area (Å²) < 4.78 is 44.8. The van der Waals surface area contributed by atoms with Crippen LogP contribution in [0.1, 0.15) is 31.4 Å². The number of aryl methyl sites for hydroxylation is 1. The van der Waals surface area contributed by atoms with Crippen LogP contribution >= 0.6 is 11.6 Å². The molecule has 0 radical (unpaired) electrons. The van der Waals surface area contributed by atoms with Gasteiger partial charge in [-0.25, -0.2) is 9.59 Å². The fourth-order valence-corrected chi connectivity index (χ4v) is 4.47. The summed E-state index contributed by atoms with van der Waals surface area (Å²) in [6.45, 7) is 0. The minimum Gasteiger partial charge on any atom is -0.506 e. The molecule has 196 valence electrons. The molecular weight excluding hydrogens is 534 g/mol. The summed E-state index contributed by atoms with van der Waals surface area (Å²) in [5.41, 5.74) is -0.933. The number of fused-ring (bicyclic) bond motifs is 1. The van der Waals surface area contributed by atoms with Crippen molar-refractivity contribution in [2.45, 2.75) is 37.0 Å². The fourth-order valence-electron chi connectivity index (χ4n) is 3.61. The Hall–Kier alpha value is -3.94. The number of carbonyl (C=O) groups excluding carboxylic acids is 1. The minimum atomic E-state index is -4.69. The lowest BCUT2D eigenvalue weighted by atomic mass is 10.1. The number of aromatic hydroxyl groups is 3. The molecule has 3 aromatic heterocycles. The van der Waals surface area contributed by atoms with E-state index in [1.807, 2.05) is 0 Å². The SMILES string of the molecule is O=C(CCCCCc1oc(-c2cc3cc(Cl)c(O)cc3oc2=O)cc1S(=O)(=O)O)On1c(O)ccc1O. The third-order valence-electron chi connectivity index (χ3n) is 5.39. The van der Waals surface area contributed by atoms with Gasteiger partial charge in [0.25, 0.3) is 10.1 Å². The Morgan fingerprint density at radius 3 is 2.38 bits per heavy atom. The second-order valence-electron chi connectivity index (χ2n) is 8.03. The topological polar surface area (TPSA) is 190 Å². The number of benzene rings is 1. The highest BCUT2D eigenvalue weighted by Gasteiger charge is 2.24. The number of halogens is 1. The van der Waals surface area contributed by atoms with Crippen LogP contribution in [0.15, 0.2) is 54.9 Å². The first-order valence-electron chi connectivity index (χ1n) is 10.8. The number of aromatic nitrogens is 1. The average molecular weight is 554 g/mol. The van der Waals surface area contributed by atoms with Crippen LogP contribution in [-0.2, 0) is 21.3 Å². The van der Waals surface area contributed by atoms with E-state index >= 15 is 0 Å². The molecule has 12 nitrogen and oxygen atoms in total. The van der Waals surface area contributed by atoms with Crippen LogP contribution in [-0.4, -0.2) is 39.0 Å². The maximum Gasteiger partial charge on any atom is 0.347 e. The van der Waals surface area contributed by atoms with Gasteiger partial charge < -0.3 is 29.0 Å². The van der Waals surface area contributed by atoms with Gasteiger partial charge in [-0.1, -0.05) is 18.0 Å². The van der Waals surface area contributed by atoms with E-state index in [9.17, 15) is 37.9 Å². The molecule has 0 aliphatic carbocycles. The van der Waals surface area contributed by atoms with E-state index in [4.69, 9.17) is 25.3 Å². The third-order valence-corrected chi connectivity index (χ3v) is 6.59. The van der Waals surface area contributed by atoms with Crippen LogP contribution in [0.5, 0.6) is 17.5 Å². The van der Waals surface area contributed by atoms with Gasteiger partial charge in [0.2, 0.25) is 11.8 Å². The number of rotatable bonds is 9. The van der Waals surface area contributed by atoms with Gasteiger partial charge in [-0.05, 0) is 25.0 Å². The number of hydrogen-bond donors (Lipinski definition) is 4. The van der Waals surface area contributed by atoms with Crippen molar-refractivity contribution in [2.24, 2.45) is 0 Å². The standard InChI is InChI=1S/C23H20ClNO11S/c24-14-9-12-8-13(23(30)35-17(12)10-15(14)26)18-11-19(37(31,32)33)16(34-18)4-2-1-3-5-22(29)36-25-20(27)6-7-21(25)28/h6-11,26-28H,1-5H2,(H,31,32,33). The zero-order valence-electron chi connectivity index (χ0n) is 18.9. The first-order valence-corrected chi connectivity index (χ1v) is 12.6. The number of phenolic OH excluding ortho intramolecular Hbond substituents is 1. The lowest BCUT2D eigenvalue weighted by molar-refractivity contribution is -0.145. The zero-order valence-corrected chi connectivity index (χ0v) is 20.5.